The van der Waals surface area contributed by atoms with E-state index in [4.69, 9.17) is 4.74 Å². The van der Waals surface area contributed by atoms with Crippen LogP contribution in [0.2, 0.25) is 0 Å². The number of imide groups is 1. The molecule has 1 aromatic heterocycles. The van der Waals surface area contributed by atoms with Crippen LogP contribution in [0.3, 0.4) is 0 Å². The minimum atomic E-state index is -0.616. The maximum Gasteiger partial charge on any atom is 0.309 e. The molecule has 2 rings (SSSR count). The van der Waals surface area contributed by atoms with E-state index in [-0.39, 0.29) is 11.9 Å². The summed E-state index contributed by atoms with van der Waals surface area (Å²) >= 11 is 0. The standard InChI is InChI=1S/C12H14N2O4/c1-14-6-2-3-9(14)11(16)13-10(15)7-18-12(17)8-4-5-8/h2-3,6,8H,4-5,7H2,1H3,(H,13,15,16). The molecule has 1 aliphatic rings. The van der Waals surface area contributed by atoms with E-state index in [9.17, 15) is 14.4 Å². The van der Waals surface area contributed by atoms with Crippen molar-refractivity contribution in [2.24, 2.45) is 13.0 Å². The maximum atomic E-state index is 11.6. The van der Waals surface area contributed by atoms with Gasteiger partial charge < -0.3 is 9.30 Å². The van der Waals surface area contributed by atoms with Crippen LogP contribution in [0.5, 0.6) is 0 Å². The van der Waals surface area contributed by atoms with Crippen molar-refractivity contribution in [2.75, 3.05) is 6.61 Å². The molecule has 0 saturated heterocycles. The summed E-state index contributed by atoms with van der Waals surface area (Å²) < 4.78 is 6.36. The highest BCUT2D eigenvalue weighted by Crippen LogP contribution is 2.29. The molecule has 0 spiro atoms. The van der Waals surface area contributed by atoms with Gasteiger partial charge in [0.1, 0.15) is 5.69 Å². The zero-order valence-electron chi connectivity index (χ0n) is 10.0. The number of amides is 2. The van der Waals surface area contributed by atoms with Crippen LogP contribution >= 0.6 is 0 Å². The molecule has 0 atom stereocenters. The van der Waals surface area contributed by atoms with E-state index in [2.05, 4.69) is 5.32 Å². The molecule has 0 unspecified atom stereocenters. The third kappa shape index (κ3) is 2.97. The Balaban J connectivity index is 1.78. The monoisotopic (exact) mass is 250 g/mol. The van der Waals surface area contributed by atoms with Crippen LogP contribution in [0, 0.1) is 5.92 Å². The highest BCUT2D eigenvalue weighted by molar-refractivity contribution is 6.04. The van der Waals surface area contributed by atoms with Gasteiger partial charge in [0.2, 0.25) is 0 Å². The van der Waals surface area contributed by atoms with Crippen molar-refractivity contribution in [3.8, 4) is 0 Å². The maximum absolute atomic E-state index is 11.6. The number of carbonyl (C=O) groups excluding carboxylic acids is 3. The molecular formula is C12H14N2O4. The Morgan fingerprint density at radius 1 is 1.44 bits per heavy atom. The number of carbonyl (C=O) groups is 3. The third-order valence-corrected chi connectivity index (χ3v) is 2.69. The second-order valence-corrected chi connectivity index (χ2v) is 4.26. The van der Waals surface area contributed by atoms with Gasteiger partial charge in [0.25, 0.3) is 11.8 Å². The molecule has 0 bridgehead atoms. The van der Waals surface area contributed by atoms with Crippen LogP contribution in [-0.2, 0) is 21.4 Å². The summed E-state index contributed by atoms with van der Waals surface area (Å²) in [5.41, 5.74) is 0.372. The predicted octanol–water partition coefficient (Wildman–Crippen LogP) is 0.235. The SMILES string of the molecule is Cn1cccc1C(=O)NC(=O)COC(=O)C1CC1. The number of nitrogens with zero attached hydrogens (tertiary/aromatic N) is 1. The number of hydrogen-bond donors (Lipinski definition) is 1. The van der Waals surface area contributed by atoms with Crippen LogP contribution in [0.1, 0.15) is 23.3 Å². The van der Waals surface area contributed by atoms with E-state index in [0.717, 1.165) is 12.8 Å². The van der Waals surface area contributed by atoms with Crippen molar-refractivity contribution in [3.63, 3.8) is 0 Å². The molecule has 1 aromatic rings. The summed E-state index contributed by atoms with van der Waals surface area (Å²) in [6.07, 6.45) is 3.35. The van der Waals surface area contributed by atoms with Crippen molar-refractivity contribution in [3.05, 3.63) is 24.0 Å². The zero-order chi connectivity index (χ0) is 13.1. The van der Waals surface area contributed by atoms with E-state index in [1.165, 1.54) is 0 Å². The molecule has 96 valence electrons. The van der Waals surface area contributed by atoms with Crippen LogP contribution in [-0.4, -0.2) is 29.0 Å². The van der Waals surface area contributed by atoms with Crippen LogP contribution in [0.4, 0.5) is 0 Å². The lowest BCUT2D eigenvalue weighted by atomic mass is 10.4. The van der Waals surface area contributed by atoms with E-state index >= 15 is 0 Å². The molecule has 18 heavy (non-hydrogen) atoms. The first-order valence-electron chi connectivity index (χ1n) is 5.70. The van der Waals surface area contributed by atoms with Crippen molar-refractivity contribution < 1.29 is 19.1 Å². The molecule has 2 amide bonds. The minimum Gasteiger partial charge on any atom is -0.455 e. The number of rotatable bonds is 4. The minimum absolute atomic E-state index is 0.0543. The molecule has 0 aliphatic heterocycles. The lowest BCUT2D eigenvalue weighted by Gasteiger charge is -2.05. The molecule has 1 aliphatic carbocycles. The summed E-state index contributed by atoms with van der Waals surface area (Å²) in [5, 5.41) is 2.16. The number of aromatic nitrogens is 1. The van der Waals surface area contributed by atoms with Gasteiger partial charge in [-0.2, -0.15) is 0 Å². The van der Waals surface area contributed by atoms with Crippen molar-refractivity contribution in [1.82, 2.24) is 9.88 Å². The molecule has 0 radical (unpaired) electrons. The number of nitrogens with one attached hydrogen (secondary N) is 1. The van der Waals surface area contributed by atoms with Crippen molar-refractivity contribution in [2.45, 2.75) is 12.8 Å². The average molecular weight is 250 g/mol. The van der Waals surface area contributed by atoms with Gasteiger partial charge in [-0.05, 0) is 25.0 Å². The smallest absolute Gasteiger partial charge is 0.309 e. The normalized spacial score (nSPS) is 14.1. The summed E-state index contributed by atoms with van der Waals surface area (Å²) in [7, 11) is 1.70. The molecule has 6 nitrogen and oxygen atoms in total. The van der Waals surface area contributed by atoms with Gasteiger partial charge >= 0.3 is 5.97 Å². The van der Waals surface area contributed by atoms with Gasteiger partial charge in [0, 0.05) is 13.2 Å². The quantitative estimate of drug-likeness (QED) is 0.776. The number of hydrogen-bond acceptors (Lipinski definition) is 4. The second kappa shape index (κ2) is 5.03. The van der Waals surface area contributed by atoms with Crippen LogP contribution < -0.4 is 5.32 Å². The highest BCUT2D eigenvalue weighted by Gasteiger charge is 2.31. The molecule has 1 heterocycles. The Hall–Kier alpha value is -2.11. The molecule has 1 fully saturated rings. The van der Waals surface area contributed by atoms with Gasteiger partial charge in [0.05, 0.1) is 5.92 Å². The molecular weight excluding hydrogens is 236 g/mol. The largest absolute Gasteiger partial charge is 0.455 e. The summed E-state index contributed by atoms with van der Waals surface area (Å²) in [4.78, 5) is 34.2. The van der Waals surface area contributed by atoms with E-state index < -0.39 is 18.4 Å². The van der Waals surface area contributed by atoms with Crippen molar-refractivity contribution in [1.29, 1.82) is 0 Å². The second-order valence-electron chi connectivity index (χ2n) is 4.26. The molecule has 1 saturated carbocycles. The van der Waals surface area contributed by atoms with Gasteiger partial charge in [0.15, 0.2) is 6.61 Å². The lowest BCUT2D eigenvalue weighted by molar-refractivity contribution is -0.149. The summed E-state index contributed by atoms with van der Waals surface area (Å²) in [6, 6.07) is 3.30. The fraction of sp³-hybridized carbons (Fsp3) is 0.417. The van der Waals surface area contributed by atoms with E-state index in [0.29, 0.717) is 5.69 Å². The predicted molar refractivity (Wildman–Crippen MR) is 61.6 cm³/mol. The number of aryl methyl sites for hydroxylation is 1. The van der Waals surface area contributed by atoms with Crippen molar-refractivity contribution >= 4 is 17.8 Å². The van der Waals surface area contributed by atoms with Gasteiger partial charge in [-0.3, -0.25) is 19.7 Å². The first-order chi connectivity index (χ1) is 8.58. The molecule has 1 N–H and O–H groups in total. The average Bonchev–Trinajstić information content (AvgIpc) is 3.09. The third-order valence-electron chi connectivity index (χ3n) is 2.69. The fourth-order valence-corrected chi connectivity index (χ4v) is 1.50. The Morgan fingerprint density at radius 3 is 2.72 bits per heavy atom. The first-order valence-corrected chi connectivity index (χ1v) is 5.70. The Morgan fingerprint density at radius 2 is 2.17 bits per heavy atom. The molecule has 0 aromatic carbocycles. The lowest BCUT2D eigenvalue weighted by Crippen LogP contribution is -2.35. The topological polar surface area (TPSA) is 77.4 Å². The van der Waals surface area contributed by atoms with Crippen LogP contribution in [0.25, 0.3) is 0 Å². The van der Waals surface area contributed by atoms with E-state index in [1.54, 1.807) is 29.9 Å². The highest BCUT2D eigenvalue weighted by atomic mass is 16.5. The number of ether oxygens (including phenoxy) is 1. The first kappa shape index (κ1) is 12.3. The summed E-state index contributed by atoms with van der Waals surface area (Å²) in [6.45, 7) is -0.411. The van der Waals surface area contributed by atoms with Gasteiger partial charge in [-0.1, -0.05) is 0 Å². The fourth-order valence-electron chi connectivity index (χ4n) is 1.50. The van der Waals surface area contributed by atoms with E-state index in [1.807, 2.05) is 0 Å². The zero-order valence-corrected chi connectivity index (χ0v) is 10.0. The van der Waals surface area contributed by atoms with Gasteiger partial charge in [-0.15, -0.1) is 0 Å². The Kier molecular flexibility index (Phi) is 3.45. The number of esters is 1. The molecule has 6 heteroatoms. The van der Waals surface area contributed by atoms with Crippen LogP contribution in [0.15, 0.2) is 18.3 Å². The Labute approximate surface area is 104 Å². The Bertz CT molecular complexity index is 488. The van der Waals surface area contributed by atoms with Gasteiger partial charge in [-0.25, -0.2) is 0 Å². The summed E-state index contributed by atoms with van der Waals surface area (Å²) in [5.74, 6) is -1.54.